The van der Waals surface area contributed by atoms with Crippen LogP contribution in [0.4, 0.5) is 5.69 Å². The molecule has 1 N–H and O–H groups in total. The van der Waals surface area contributed by atoms with Gasteiger partial charge in [0.15, 0.2) is 0 Å². The average molecular weight is 412 g/mol. The van der Waals surface area contributed by atoms with E-state index in [-0.39, 0.29) is 5.91 Å². The van der Waals surface area contributed by atoms with E-state index in [4.69, 9.17) is 0 Å². The van der Waals surface area contributed by atoms with Gasteiger partial charge in [0.25, 0.3) is 0 Å². The van der Waals surface area contributed by atoms with Gasteiger partial charge in [0.05, 0.1) is 6.54 Å². The van der Waals surface area contributed by atoms with Crippen LogP contribution in [0.3, 0.4) is 0 Å². The van der Waals surface area contributed by atoms with Crippen molar-refractivity contribution in [1.29, 1.82) is 0 Å². The molecule has 3 aromatic carbocycles. The number of para-hydroxylation sites is 1. The number of carbonyl (C=O) groups excluding carboxylic acids is 1. The van der Waals surface area contributed by atoms with Crippen molar-refractivity contribution in [2.45, 2.75) is 0 Å². The van der Waals surface area contributed by atoms with Crippen molar-refractivity contribution in [3.63, 3.8) is 0 Å². The second kappa shape index (κ2) is 10.7. The Labute approximate surface area is 184 Å². The number of piperazine rings is 1. The molecule has 0 aliphatic carbocycles. The molecule has 1 saturated heterocycles. The molecule has 0 spiro atoms. The minimum atomic E-state index is 0.0424. The van der Waals surface area contributed by atoms with Gasteiger partial charge in [-0.15, -0.1) is 0 Å². The number of carbonyl (C=O) groups is 1. The molecule has 31 heavy (non-hydrogen) atoms. The van der Waals surface area contributed by atoms with E-state index in [1.807, 2.05) is 48.5 Å². The molecule has 4 rings (SSSR count). The zero-order valence-corrected chi connectivity index (χ0v) is 17.8. The molecule has 0 unspecified atom stereocenters. The zero-order valence-electron chi connectivity index (χ0n) is 17.8. The van der Waals surface area contributed by atoms with Crippen LogP contribution in [0.25, 0.3) is 17.2 Å². The van der Waals surface area contributed by atoms with Crippen molar-refractivity contribution in [2.75, 3.05) is 44.6 Å². The lowest BCUT2D eigenvalue weighted by Gasteiger charge is -2.33. The molecule has 0 aromatic heterocycles. The maximum Gasteiger partial charge on any atom is 0.238 e. The van der Waals surface area contributed by atoms with Gasteiger partial charge in [0, 0.05) is 44.0 Å². The average Bonchev–Trinajstić information content (AvgIpc) is 2.82. The van der Waals surface area contributed by atoms with Crippen LogP contribution in [-0.4, -0.2) is 55.0 Å². The minimum absolute atomic E-state index is 0.0424. The van der Waals surface area contributed by atoms with Gasteiger partial charge in [-0.3, -0.25) is 14.6 Å². The number of benzene rings is 3. The Kier molecular flexibility index (Phi) is 7.27. The van der Waals surface area contributed by atoms with Crippen LogP contribution in [0.1, 0.15) is 5.56 Å². The van der Waals surface area contributed by atoms with Gasteiger partial charge in [0.1, 0.15) is 0 Å². The van der Waals surface area contributed by atoms with Gasteiger partial charge >= 0.3 is 0 Å². The Morgan fingerprint density at radius 1 is 0.774 bits per heavy atom. The number of hydrogen-bond acceptors (Lipinski definition) is 3. The predicted octanol–water partition coefficient (Wildman–Crippen LogP) is 4.62. The third-order valence-corrected chi connectivity index (χ3v) is 5.59. The molecule has 3 aromatic rings. The first kappa shape index (κ1) is 21.0. The van der Waals surface area contributed by atoms with Crippen molar-refractivity contribution >= 4 is 17.7 Å². The van der Waals surface area contributed by atoms with E-state index in [1.54, 1.807) is 0 Å². The summed E-state index contributed by atoms with van der Waals surface area (Å²) in [4.78, 5) is 17.4. The monoisotopic (exact) mass is 411 g/mol. The summed E-state index contributed by atoms with van der Waals surface area (Å²) in [6.07, 6.45) is 4.39. The fourth-order valence-electron chi connectivity index (χ4n) is 3.89. The lowest BCUT2D eigenvalue weighted by Crippen LogP contribution is -2.48. The third kappa shape index (κ3) is 6.14. The third-order valence-electron chi connectivity index (χ3n) is 5.59. The van der Waals surface area contributed by atoms with Crippen LogP contribution in [-0.2, 0) is 4.79 Å². The zero-order chi connectivity index (χ0) is 21.3. The summed E-state index contributed by atoms with van der Waals surface area (Å²) in [5, 5.41) is 3.11. The molecule has 0 radical (unpaired) electrons. The Bertz CT molecular complexity index is 993. The van der Waals surface area contributed by atoms with Gasteiger partial charge in [-0.1, -0.05) is 91.0 Å². The number of nitrogens with zero attached hydrogens (tertiary/aromatic N) is 2. The number of rotatable bonds is 7. The molecule has 0 saturated carbocycles. The Morgan fingerprint density at radius 2 is 1.39 bits per heavy atom. The fraction of sp³-hybridized carbons (Fsp3) is 0.222. The lowest BCUT2D eigenvalue weighted by atomic mass is 10.0. The van der Waals surface area contributed by atoms with Crippen LogP contribution >= 0.6 is 0 Å². The van der Waals surface area contributed by atoms with Crippen LogP contribution in [0, 0.1) is 0 Å². The van der Waals surface area contributed by atoms with Crippen LogP contribution in [0.15, 0.2) is 91.0 Å². The highest BCUT2D eigenvalue weighted by Crippen LogP contribution is 2.27. The van der Waals surface area contributed by atoms with Crippen molar-refractivity contribution in [3.8, 4) is 11.1 Å². The highest BCUT2D eigenvalue weighted by atomic mass is 16.2. The molecule has 1 fully saturated rings. The summed E-state index contributed by atoms with van der Waals surface area (Å²) in [6.45, 7) is 5.15. The van der Waals surface area contributed by atoms with Gasteiger partial charge in [0.2, 0.25) is 5.91 Å². The molecule has 4 nitrogen and oxygen atoms in total. The molecule has 0 atom stereocenters. The largest absolute Gasteiger partial charge is 0.324 e. The van der Waals surface area contributed by atoms with Crippen LogP contribution in [0.5, 0.6) is 0 Å². The normalized spacial score (nSPS) is 15.2. The second-order valence-electron chi connectivity index (χ2n) is 7.85. The maximum absolute atomic E-state index is 12.7. The Morgan fingerprint density at radius 3 is 2.13 bits per heavy atom. The Balaban J connectivity index is 1.25. The first-order chi connectivity index (χ1) is 15.3. The summed E-state index contributed by atoms with van der Waals surface area (Å²) in [5.74, 6) is 0.0424. The van der Waals surface area contributed by atoms with E-state index in [0.717, 1.165) is 49.5 Å². The molecular weight excluding hydrogens is 382 g/mol. The van der Waals surface area contributed by atoms with E-state index in [1.165, 1.54) is 5.56 Å². The van der Waals surface area contributed by atoms with Gasteiger partial charge < -0.3 is 5.32 Å². The smallest absolute Gasteiger partial charge is 0.238 e. The van der Waals surface area contributed by atoms with E-state index >= 15 is 0 Å². The summed E-state index contributed by atoms with van der Waals surface area (Å²) < 4.78 is 0. The number of nitrogens with one attached hydrogen (secondary N) is 1. The molecule has 1 amide bonds. The van der Waals surface area contributed by atoms with E-state index in [2.05, 4.69) is 63.7 Å². The number of amides is 1. The summed E-state index contributed by atoms with van der Waals surface area (Å²) in [7, 11) is 0. The molecular formula is C27H29N3O. The van der Waals surface area contributed by atoms with Crippen LogP contribution in [0.2, 0.25) is 0 Å². The van der Waals surface area contributed by atoms with Gasteiger partial charge in [-0.05, 0) is 17.2 Å². The second-order valence-corrected chi connectivity index (χ2v) is 7.85. The van der Waals surface area contributed by atoms with E-state index in [0.29, 0.717) is 6.54 Å². The predicted molar refractivity (Wildman–Crippen MR) is 129 cm³/mol. The van der Waals surface area contributed by atoms with Crippen molar-refractivity contribution in [1.82, 2.24) is 9.80 Å². The standard InChI is InChI=1S/C27H29N3O/c31-27(28-26-16-8-7-15-25(26)24-13-5-2-6-14-24)22-30-20-18-29(19-21-30)17-9-12-23-10-3-1-4-11-23/h1-16H,17-22H2,(H,28,31)/b12-9+. The lowest BCUT2D eigenvalue weighted by molar-refractivity contribution is -0.117. The highest BCUT2D eigenvalue weighted by Gasteiger charge is 2.18. The molecule has 1 heterocycles. The molecule has 1 aliphatic rings. The maximum atomic E-state index is 12.7. The Hall–Kier alpha value is -3.21. The number of hydrogen-bond donors (Lipinski definition) is 1. The first-order valence-electron chi connectivity index (χ1n) is 10.9. The van der Waals surface area contributed by atoms with Crippen molar-refractivity contribution < 1.29 is 4.79 Å². The quantitative estimate of drug-likeness (QED) is 0.616. The molecule has 0 bridgehead atoms. The van der Waals surface area contributed by atoms with Gasteiger partial charge in [-0.25, -0.2) is 0 Å². The van der Waals surface area contributed by atoms with E-state index in [9.17, 15) is 4.79 Å². The summed E-state index contributed by atoms with van der Waals surface area (Å²) in [5.41, 5.74) is 4.25. The summed E-state index contributed by atoms with van der Waals surface area (Å²) in [6, 6.07) is 28.5. The first-order valence-corrected chi connectivity index (χ1v) is 10.9. The van der Waals surface area contributed by atoms with Gasteiger partial charge in [-0.2, -0.15) is 0 Å². The SMILES string of the molecule is O=C(CN1CCN(C/C=C/c2ccccc2)CC1)Nc1ccccc1-c1ccccc1. The van der Waals surface area contributed by atoms with Crippen LogP contribution < -0.4 is 5.32 Å². The number of anilines is 1. The topological polar surface area (TPSA) is 35.6 Å². The fourth-order valence-corrected chi connectivity index (χ4v) is 3.89. The van der Waals surface area contributed by atoms with E-state index < -0.39 is 0 Å². The molecule has 4 heteroatoms. The molecule has 1 aliphatic heterocycles. The summed E-state index contributed by atoms with van der Waals surface area (Å²) >= 11 is 0. The molecule has 158 valence electrons. The highest BCUT2D eigenvalue weighted by molar-refractivity contribution is 5.96. The van der Waals surface area contributed by atoms with Crippen molar-refractivity contribution in [2.24, 2.45) is 0 Å². The van der Waals surface area contributed by atoms with Crippen molar-refractivity contribution in [3.05, 3.63) is 96.6 Å². The minimum Gasteiger partial charge on any atom is -0.324 e.